The Balaban J connectivity index is 1.81. The van der Waals surface area contributed by atoms with Crippen molar-refractivity contribution in [1.82, 2.24) is 29.9 Å². The first-order valence-corrected chi connectivity index (χ1v) is 48.2. The van der Waals surface area contributed by atoms with Crippen LogP contribution in [0.25, 0.3) is 32.4 Å². The van der Waals surface area contributed by atoms with Gasteiger partial charge in [0.05, 0.1) is 29.4 Å². The Hall–Kier alpha value is -0.660. The van der Waals surface area contributed by atoms with Crippen LogP contribution in [0.15, 0.2) is 19.6 Å². The van der Waals surface area contributed by atoms with Crippen molar-refractivity contribution in [1.29, 1.82) is 0 Å². The smallest absolute Gasteiger partial charge is 0.171 e. The molecule has 6 nitrogen and oxygen atoms in total. The van der Waals surface area contributed by atoms with E-state index >= 15 is 0 Å². The molecule has 4 heterocycles. The van der Waals surface area contributed by atoms with Gasteiger partial charge in [-0.15, -0.1) is 70.6 Å². The Morgan fingerprint density at radius 3 is 0.521 bits per heavy atom. The van der Waals surface area contributed by atoms with Crippen LogP contribution in [0.4, 0.5) is 0 Å². The van der Waals surface area contributed by atoms with E-state index in [2.05, 4.69) is 98.6 Å². The van der Waals surface area contributed by atoms with E-state index in [0.717, 1.165) is 68.8 Å². The van der Waals surface area contributed by atoms with Crippen molar-refractivity contribution in [3.8, 4) is 0 Å². The first-order valence-electron chi connectivity index (χ1n) is 42.2. The van der Waals surface area contributed by atoms with Crippen molar-refractivity contribution >= 4 is 103 Å². The largest absolute Gasteiger partial charge is 0.323 e. The molecule has 12 heteroatoms. The van der Waals surface area contributed by atoms with E-state index in [1.807, 2.05) is 23.5 Å². The van der Waals surface area contributed by atoms with E-state index in [-0.39, 0.29) is 0 Å². The maximum absolute atomic E-state index is 5.86. The van der Waals surface area contributed by atoms with Gasteiger partial charge in [-0.05, 0) is 73.0 Å². The Bertz CT molecular complexity index is 2210. The monoisotopic (exact) mass is 1440 g/mol. The average molecular weight is 1440 g/mol. The summed E-state index contributed by atoms with van der Waals surface area (Å²) in [5.41, 5.74) is 3.90. The lowest BCUT2D eigenvalue weighted by Gasteiger charge is -2.08. The number of aromatic nitrogens is 6. The van der Waals surface area contributed by atoms with Gasteiger partial charge in [0, 0.05) is 0 Å². The Labute approximate surface area is 620 Å². The molecule has 3 aromatic heterocycles. The molecule has 0 fully saturated rings. The molecule has 2 N–H and O–H groups in total. The quantitative estimate of drug-likeness (QED) is 0.0421. The molecule has 1 aliphatic rings. The van der Waals surface area contributed by atoms with Crippen LogP contribution in [-0.4, -0.2) is 64.4 Å². The molecule has 4 rings (SSSR count). The molecule has 1 aliphatic heterocycles. The van der Waals surface area contributed by atoms with E-state index in [1.54, 1.807) is 0 Å². The Kier molecular flexibility index (Phi) is 58.5. The molecule has 96 heavy (non-hydrogen) atoms. The normalized spacial score (nSPS) is 12.3. The van der Waals surface area contributed by atoms with Gasteiger partial charge in [-0.3, -0.25) is 0 Å². The molecule has 0 saturated heterocycles. The maximum atomic E-state index is 5.86. The number of thioether (sulfide) groups is 6. The van der Waals surface area contributed by atoms with E-state index < -0.39 is 0 Å². The lowest BCUT2D eigenvalue weighted by Crippen LogP contribution is -1.90. The van der Waals surface area contributed by atoms with Crippen LogP contribution in [0, 0.1) is 0 Å². The summed E-state index contributed by atoms with van der Waals surface area (Å²) in [4.78, 5) is 39.0. The van der Waals surface area contributed by atoms with Crippen LogP contribution < -0.4 is 0 Å². The van der Waals surface area contributed by atoms with Gasteiger partial charge in [-0.25, -0.2) is 19.9 Å². The summed E-state index contributed by atoms with van der Waals surface area (Å²) in [5.74, 6) is 8.34. The number of hydrogen-bond acceptors (Lipinski definition) is 10. The van der Waals surface area contributed by atoms with Gasteiger partial charge in [0.2, 0.25) is 0 Å². The molecule has 0 amide bonds. The number of H-pyrrole nitrogens is 2. The number of rotatable bonds is 72. The van der Waals surface area contributed by atoms with Gasteiger partial charge in [0.25, 0.3) is 0 Å². The second-order valence-corrected chi connectivity index (χ2v) is 35.5. The van der Waals surface area contributed by atoms with Gasteiger partial charge in [-0.1, -0.05) is 388 Å². The fourth-order valence-corrected chi connectivity index (χ4v) is 20.6. The number of nitrogens with one attached hydrogen (secondary N) is 2. The molecule has 6 bridgehead atoms. The van der Waals surface area contributed by atoms with Gasteiger partial charge in [-0.2, -0.15) is 0 Å². The second-order valence-electron chi connectivity index (χ2n) is 28.9. The van der Waals surface area contributed by atoms with Crippen molar-refractivity contribution in [2.45, 2.75) is 446 Å². The highest BCUT2D eigenvalue weighted by Crippen LogP contribution is 2.46. The van der Waals surface area contributed by atoms with Crippen LogP contribution in [0.2, 0.25) is 0 Å². The van der Waals surface area contributed by atoms with E-state index in [1.165, 1.54) is 415 Å². The van der Waals surface area contributed by atoms with Gasteiger partial charge < -0.3 is 9.97 Å². The highest BCUT2D eigenvalue weighted by atomic mass is 32.2. The number of fused-ring (bicyclic) bond motifs is 6. The summed E-state index contributed by atoms with van der Waals surface area (Å²) in [7, 11) is 0. The molecule has 0 atom stereocenters. The van der Waals surface area contributed by atoms with Crippen LogP contribution in [0.1, 0.15) is 438 Å². The molecule has 0 aliphatic carbocycles. The molecule has 0 aromatic carbocycles. The zero-order valence-corrected chi connectivity index (χ0v) is 68.8. The number of hydrogen-bond donors (Lipinski definition) is 2. The van der Waals surface area contributed by atoms with E-state index in [9.17, 15) is 0 Å². The molecule has 0 unspecified atom stereocenters. The SMILES string of the molecule is CCCCCCCCCCCCSC1=C(SCCCCCCCCCCCC)c2nc1nc1[nH]c(nc3[nH]c(n2)c(SCCCCCCCCCCCC)c3SCCCCCCCCCCCC)c(SCCCCCCCCCCCC)c1SCCCCCCCCCCCC. The lowest BCUT2D eigenvalue weighted by molar-refractivity contribution is 0.563. The van der Waals surface area contributed by atoms with Crippen molar-refractivity contribution < 1.29 is 0 Å². The highest BCUT2D eigenvalue weighted by Gasteiger charge is 2.27. The number of nitrogens with zero attached hydrogens (tertiary/aromatic N) is 4. The minimum atomic E-state index is 0.874. The molecule has 0 saturated carbocycles. The third kappa shape index (κ3) is 42.2. The third-order valence-electron chi connectivity index (χ3n) is 19.7. The summed E-state index contributed by atoms with van der Waals surface area (Å²) < 4.78 is 0. The molecular formula is C84H152N6S6. The number of unbranched alkanes of at least 4 members (excludes halogenated alkanes) is 54. The molecular weight excluding hydrogens is 1290 g/mol. The molecule has 3 aromatic rings. The summed E-state index contributed by atoms with van der Waals surface area (Å²) in [6.45, 7) is 14.0. The lowest BCUT2D eigenvalue weighted by atomic mass is 10.1. The average Bonchev–Trinajstić information content (AvgIpc) is 1.62. The van der Waals surface area contributed by atoms with Crippen LogP contribution >= 0.6 is 70.6 Å². The molecule has 554 valence electrons. The maximum Gasteiger partial charge on any atom is 0.171 e. The third-order valence-corrected chi connectivity index (χ3v) is 27.1. The Morgan fingerprint density at radius 2 is 0.333 bits per heavy atom. The first-order chi connectivity index (χ1) is 47.6. The number of aromatic amines is 2. The Morgan fingerprint density at radius 1 is 0.177 bits per heavy atom. The van der Waals surface area contributed by atoms with Gasteiger partial charge in [0.15, 0.2) is 11.6 Å². The summed E-state index contributed by atoms with van der Waals surface area (Å²) >= 11 is 12.3. The van der Waals surface area contributed by atoms with Crippen LogP contribution in [0.5, 0.6) is 0 Å². The zero-order valence-electron chi connectivity index (χ0n) is 63.9. The predicted octanol–water partition coefficient (Wildman–Crippen LogP) is 31.9. The molecule has 0 radical (unpaired) electrons. The van der Waals surface area contributed by atoms with Crippen LogP contribution in [-0.2, 0) is 0 Å². The summed E-state index contributed by atoms with van der Waals surface area (Å²) in [6.07, 6.45) is 81.4. The van der Waals surface area contributed by atoms with Crippen molar-refractivity contribution in [2.75, 3.05) is 34.5 Å². The summed E-state index contributed by atoms with van der Waals surface area (Å²) in [5, 5.41) is 0. The predicted molar refractivity (Wildman–Crippen MR) is 445 cm³/mol. The van der Waals surface area contributed by atoms with E-state index in [4.69, 9.17) is 19.9 Å². The molecule has 0 spiro atoms. The van der Waals surface area contributed by atoms with Gasteiger partial charge in [0.1, 0.15) is 22.6 Å². The van der Waals surface area contributed by atoms with Gasteiger partial charge >= 0.3 is 0 Å². The van der Waals surface area contributed by atoms with E-state index in [0.29, 0.717) is 0 Å². The topological polar surface area (TPSA) is 83.1 Å². The van der Waals surface area contributed by atoms with Crippen molar-refractivity contribution in [3.05, 3.63) is 11.6 Å². The minimum absolute atomic E-state index is 0.874. The first kappa shape index (κ1) is 87.7. The second kappa shape index (κ2) is 64.0. The van der Waals surface area contributed by atoms with Crippen LogP contribution in [0.3, 0.4) is 0 Å². The fraction of sp³-hybridized carbons (Fsp3) is 0.857. The van der Waals surface area contributed by atoms with Crippen molar-refractivity contribution in [2.24, 2.45) is 0 Å². The zero-order chi connectivity index (χ0) is 68.1. The standard InChI is InChI=1S/C84H152N6S6/c1-7-13-19-25-31-37-43-49-55-61-67-91-73-74(92-68-62-56-50-44-38-32-26-20-14-8-2)80-85-79(73)88-81-75(93-69-63-57-51-45-39-33-27-21-15-9-3)76(94-70-64-58-52-46-40-34-28-22-16-10-4)83(86-81)90-84-78(96-72-66-60-54-48-42-36-30-24-18-12-6)77(82(87-84)89-80)95-71-65-59-53-47-41-35-29-23-17-11-5/h7-72H2,1-6H3,(H2,85,86,87,88,89,90). The minimum Gasteiger partial charge on any atom is -0.323 e. The fourth-order valence-electron chi connectivity index (χ4n) is 13.5. The van der Waals surface area contributed by atoms with Crippen molar-refractivity contribution in [3.63, 3.8) is 0 Å². The highest BCUT2D eigenvalue weighted by molar-refractivity contribution is 8.13. The summed E-state index contributed by atoms with van der Waals surface area (Å²) in [6, 6.07) is 0.